The van der Waals surface area contributed by atoms with Gasteiger partial charge >= 0.3 is 6.03 Å². The van der Waals surface area contributed by atoms with Crippen molar-refractivity contribution < 1.29 is 14.0 Å². The molecule has 1 saturated heterocycles. The number of hydrogen-bond donors (Lipinski definition) is 2. The molecule has 0 bridgehead atoms. The van der Waals surface area contributed by atoms with Crippen LogP contribution in [0.4, 0.5) is 16.2 Å². The molecule has 0 spiro atoms. The van der Waals surface area contributed by atoms with Crippen molar-refractivity contribution in [2.24, 2.45) is 0 Å². The molecule has 1 fully saturated rings. The van der Waals surface area contributed by atoms with E-state index in [-0.39, 0.29) is 23.9 Å². The van der Waals surface area contributed by atoms with Crippen LogP contribution < -0.4 is 21.0 Å². The van der Waals surface area contributed by atoms with E-state index in [0.717, 1.165) is 18.8 Å². The maximum absolute atomic E-state index is 12.4. The van der Waals surface area contributed by atoms with Gasteiger partial charge in [-0.05, 0) is 30.3 Å². The molecule has 1 aliphatic heterocycles. The Morgan fingerprint density at radius 2 is 1.73 bits per heavy atom. The van der Waals surface area contributed by atoms with Crippen molar-refractivity contribution in [3.8, 4) is 0 Å². The monoisotopic (exact) mass is 406 g/mol. The Balaban J connectivity index is 1.27. The van der Waals surface area contributed by atoms with E-state index >= 15 is 0 Å². The smallest absolute Gasteiger partial charge is 0.317 e. The number of urea groups is 1. The van der Waals surface area contributed by atoms with E-state index < -0.39 is 0 Å². The maximum Gasteiger partial charge on any atom is 0.317 e. The molecule has 2 aromatic carbocycles. The van der Waals surface area contributed by atoms with Gasteiger partial charge in [0.1, 0.15) is 5.58 Å². The van der Waals surface area contributed by atoms with Crippen LogP contribution >= 0.6 is 0 Å². The number of anilines is 2. The zero-order valence-electron chi connectivity index (χ0n) is 16.3. The second-order valence-electron chi connectivity index (χ2n) is 7.01. The summed E-state index contributed by atoms with van der Waals surface area (Å²) >= 11 is 0. The van der Waals surface area contributed by atoms with Gasteiger partial charge < -0.3 is 24.9 Å². The second-order valence-corrected chi connectivity index (χ2v) is 7.01. The van der Waals surface area contributed by atoms with Crippen molar-refractivity contribution in [3.05, 3.63) is 71.1 Å². The fourth-order valence-corrected chi connectivity index (χ4v) is 3.44. The molecule has 30 heavy (non-hydrogen) atoms. The number of amides is 3. The van der Waals surface area contributed by atoms with Crippen LogP contribution in [0.25, 0.3) is 11.0 Å². The molecule has 154 valence electrons. The number of carbonyl (C=O) groups is 2. The van der Waals surface area contributed by atoms with E-state index in [1.54, 1.807) is 23.1 Å². The normalized spacial score (nSPS) is 13.9. The molecular weight excluding hydrogens is 384 g/mol. The van der Waals surface area contributed by atoms with Crippen molar-refractivity contribution in [3.63, 3.8) is 0 Å². The lowest BCUT2D eigenvalue weighted by atomic mass is 10.2. The first-order valence-electron chi connectivity index (χ1n) is 9.74. The third-order valence-electron chi connectivity index (χ3n) is 5.03. The fourth-order valence-electron chi connectivity index (χ4n) is 3.44. The zero-order valence-corrected chi connectivity index (χ0v) is 16.3. The molecule has 0 saturated carbocycles. The van der Waals surface area contributed by atoms with Crippen molar-refractivity contribution in [1.29, 1.82) is 0 Å². The highest BCUT2D eigenvalue weighted by molar-refractivity contribution is 5.96. The van der Waals surface area contributed by atoms with Crippen molar-refractivity contribution in [2.75, 3.05) is 42.9 Å². The summed E-state index contributed by atoms with van der Waals surface area (Å²) in [6, 6.07) is 16.0. The van der Waals surface area contributed by atoms with Crippen molar-refractivity contribution >= 4 is 34.3 Å². The molecule has 8 heteroatoms. The lowest BCUT2D eigenvalue weighted by molar-refractivity contribution is -0.115. The number of benzene rings is 2. The number of para-hydroxylation sites is 1. The molecule has 0 aliphatic carbocycles. The van der Waals surface area contributed by atoms with Gasteiger partial charge in [0.25, 0.3) is 0 Å². The molecule has 0 radical (unpaired) electrons. The van der Waals surface area contributed by atoms with Crippen LogP contribution in [0.5, 0.6) is 0 Å². The minimum atomic E-state index is -0.369. The summed E-state index contributed by atoms with van der Waals surface area (Å²) in [6.07, 6.45) is 1.33. The maximum atomic E-state index is 12.4. The third kappa shape index (κ3) is 4.43. The van der Waals surface area contributed by atoms with Gasteiger partial charge in [-0.3, -0.25) is 9.59 Å². The molecule has 2 N–H and O–H groups in total. The van der Waals surface area contributed by atoms with Crippen molar-refractivity contribution in [2.45, 2.75) is 0 Å². The molecule has 8 nitrogen and oxygen atoms in total. The summed E-state index contributed by atoms with van der Waals surface area (Å²) in [4.78, 5) is 40.4. The van der Waals surface area contributed by atoms with Crippen LogP contribution in [0.15, 0.2) is 70.1 Å². The van der Waals surface area contributed by atoms with Crippen LogP contribution in [-0.2, 0) is 4.79 Å². The SMILES string of the molecule is O=C(CNC(=O)N1CCN(c2ccccc2)CC1)Nc1ccc2occc(=O)c2c1. The zero-order chi connectivity index (χ0) is 20.9. The van der Waals surface area contributed by atoms with E-state index in [9.17, 15) is 14.4 Å². The van der Waals surface area contributed by atoms with Gasteiger partial charge in [-0.1, -0.05) is 18.2 Å². The molecule has 4 rings (SSSR count). The first kappa shape index (κ1) is 19.5. The van der Waals surface area contributed by atoms with Crippen LogP contribution in [-0.4, -0.2) is 49.6 Å². The van der Waals surface area contributed by atoms with Crippen LogP contribution in [0, 0.1) is 0 Å². The molecule has 0 unspecified atom stereocenters. The topological polar surface area (TPSA) is 94.9 Å². The van der Waals surface area contributed by atoms with Gasteiger partial charge in [-0.15, -0.1) is 0 Å². The number of carbonyl (C=O) groups excluding carboxylic acids is 2. The number of hydrogen-bond acceptors (Lipinski definition) is 5. The molecule has 1 aliphatic rings. The Kier molecular flexibility index (Phi) is 5.65. The Bertz CT molecular complexity index is 1100. The number of piperazine rings is 1. The first-order valence-corrected chi connectivity index (χ1v) is 9.74. The van der Waals surface area contributed by atoms with Crippen molar-refractivity contribution in [1.82, 2.24) is 10.2 Å². The molecular formula is C22H22N4O4. The average Bonchev–Trinajstić information content (AvgIpc) is 2.79. The van der Waals surface area contributed by atoms with E-state index in [1.165, 1.54) is 12.3 Å². The summed E-state index contributed by atoms with van der Waals surface area (Å²) in [5, 5.41) is 5.72. The highest BCUT2D eigenvalue weighted by Gasteiger charge is 2.21. The summed E-state index contributed by atoms with van der Waals surface area (Å²) in [6.45, 7) is 2.50. The highest BCUT2D eigenvalue weighted by atomic mass is 16.3. The largest absolute Gasteiger partial charge is 0.464 e. The molecule has 3 aromatic rings. The summed E-state index contributed by atoms with van der Waals surface area (Å²) in [5.74, 6) is -0.369. The van der Waals surface area contributed by atoms with Gasteiger partial charge in [0, 0.05) is 43.6 Å². The minimum Gasteiger partial charge on any atom is -0.464 e. The predicted octanol–water partition coefficient (Wildman–Crippen LogP) is 2.26. The van der Waals surface area contributed by atoms with Gasteiger partial charge in [0.2, 0.25) is 5.91 Å². The Labute approximate surface area is 173 Å². The van der Waals surface area contributed by atoms with Gasteiger partial charge in [0.05, 0.1) is 18.2 Å². The third-order valence-corrected chi connectivity index (χ3v) is 5.03. The second kappa shape index (κ2) is 8.69. The number of nitrogens with zero attached hydrogens (tertiary/aromatic N) is 2. The minimum absolute atomic E-state index is 0.154. The van der Waals surface area contributed by atoms with E-state index in [4.69, 9.17) is 4.42 Å². The van der Waals surface area contributed by atoms with Crippen LogP contribution in [0.3, 0.4) is 0 Å². The average molecular weight is 406 g/mol. The van der Waals surface area contributed by atoms with Gasteiger partial charge in [0.15, 0.2) is 5.43 Å². The molecule has 3 amide bonds. The van der Waals surface area contributed by atoms with E-state index in [1.807, 2.05) is 18.2 Å². The quantitative estimate of drug-likeness (QED) is 0.693. The lowest BCUT2D eigenvalue weighted by Gasteiger charge is -2.36. The predicted molar refractivity (Wildman–Crippen MR) is 115 cm³/mol. The Hall–Kier alpha value is -3.81. The number of fused-ring (bicyclic) bond motifs is 1. The summed E-state index contributed by atoms with van der Waals surface area (Å²) < 4.78 is 5.26. The fraction of sp³-hybridized carbons (Fsp3) is 0.227. The molecule has 1 aromatic heterocycles. The van der Waals surface area contributed by atoms with Crippen LogP contribution in [0.2, 0.25) is 0 Å². The molecule has 0 atom stereocenters. The summed E-state index contributed by atoms with van der Waals surface area (Å²) in [7, 11) is 0. The van der Waals surface area contributed by atoms with E-state index in [0.29, 0.717) is 29.7 Å². The summed E-state index contributed by atoms with van der Waals surface area (Å²) in [5.41, 5.74) is 1.87. The van der Waals surface area contributed by atoms with Crippen LogP contribution in [0.1, 0.15) is 0 Å². The highest BCUT2D eigenvalue weighted by Crippen LogP contribution is 2.17. The van der Waals surface area contributed by atoms with E-state index in [2.05, 4.69) is 27.7 Å². The Morgan fingerprint density at radius 3 is 2.50 bits per heavy atom. The first-order chi connectivity index (χ1) is 14.6. The standard InChI is InChI=1S/C22H22N4O4/c27-19-8-13-30-20-7-6-16(14-18(19)20)24-21(28)15-23-22(29)26-11-9-25(10-12-26)17-4-2-1-3-5-17/h1-8,13-14H,9-12,15H2,(H,23,29)(H,24,28). The molecule has 2 heterocycles. The van der Waals surface area contributed by atoms with Gasteiger partial charge in [-0.25, -0.2) is 4.79 Å². The number of nitrogens with one attached hydrogen (secondary N) is 2. The Morgan fingerprint density at radius 1 is 0.967 bits per heavy atom. The number of rotatable bonds is 4. The lowest BCUT2D eigenvalue weighted by Crippen LogP contribution is -2.52. The van der Waals surface area contributed by atoms with Gasteiger partial charge in [-0.2, -0.15) is 0 Å².